The van der Waals surface area contributed by atoms with Gasteiger partial charge in [-0.05, 0) is 31.0 Å². The molecule has 0 aliphatic rings. The van der Waals surface area contributed by atoms with Gasteiger partial charge in [0.1, 0.15) is 0 Å². The summed E-state index contributed by atoms with van der Waals surface area (Å²) in [5, 5.41) is 12.7. The van der Waals surface area contributed by atoms with Gasteiger partial charge in [-0.3, -0.25) is 0 Å². The number of hydrogen-bond acceptors (Lipinski definition) is 5. The first-order valence-electron chi connectivity index (χ1n) is 6.26. The van der Waals surface area contributed by atoms with Crippen LogP contribution in [0.1, 0.15) is 26.7 Å². The molecule has 0 fully saturated rings. The van der Waals surface area contributed by atoms with Crippen LogP contribution in [0.15, 0.2) is 23.1 Å². The van der Waals surface area contributed by atoms with Crippen molar-refractivity contribution in [1.29, 1.82) is 0 Å². The van der Waals surface area contributed by atoms with Gasteiger partial charge < -0.3 is 16.2 Å². The Balaban J connectivity index is 3.11. The lowest BCUT2D eigenvalue weighted by Crippen LogP contribution is -2.41. The van der Waals surface area contributed by atoms with E-state index in [1.165, 1.54) is 12.1 Å². The van der Waals surface area contributed by atoms with Crippen molar-refractivity contribution >= 4 is 21.2 Å². The van der Waals surface area contributed by atoms with E-state index in [9.17, 15) is 13.5 Å². The van der Waals surface area contributed by atoms with E-state index < -0.39 is 15.4 Å². The van der Waals surface area contributed by atoms with E-state index in [1.807, 2.05) is 13.8 Å². The summed E-state index contributed by atoms with van der Waals surface area (Å²) in [7, 11) is -3.26. The van der Waals surface area contributed by atoms with Gasteiger partial charge in [0, 0.05) is 6.26 Å². The number of sulfone groups is 1. The quantitative estimate of drug-likeness (QED) is 0.691. The molecule has 6 heteroatoms. The molecule has 0 saturated carbocycles. The van der Waals surface area contributed by atoms with Gasteiger partial charge in [-0.2, -0.15) is 0 Å². The van der Waals surface area contributed by atoms with Gasteiger partial charge in [0.05, 0.1) is 28.4 Å². The minimum absolute atomic E-state index is 0.00668. The van der Waals surface area contributed by atoms with Crippen LogP contribution in [0.4, 0.5) is 11.4 Å². The Morgan fingerprint density at radius 2 is 1.89 bits per heavy atom. The lowest BCUT2D eigenvalue weighted by molar-refractivity contribution is 0.202. The van der Waals surface area contributed by atoms with Crippen LogP contribution in [0.2, 0.25) is 0 Å². The number of benzene rings is 1. The number of nitrogen functional groups attached to an aromatic ring is 1. The molecule has 0 spiro atoms. The lowest BCUT2D eigenvalue weighted by atomic mass is 9.93. The van der Waals surface area contributed by atoms with Crippen LogP contribution in [-0.4, -0.2) is 31.9 Å². The van der Waals surface area contributed by atoms with Gasteiger partial charge in [-0.15, -0.1) is 0 Å². The second-order valence-electron chi connectivity index (χ2n) is 4.79. The van der Waals surface area contributed by atoms with E-state index >= 15 is 0 Å². The number of anilines is 2. The highest BCUT2D eigenvalue weighted by Crippen LogP contribution is 2.28. The number of nitrogens with one attached hydrogen (secondary N) is 1. The van der Waals surface area contributed by atoms with Gasteiger partial charge in [-0.1, -0.05) is 13.8 Å². The van der Waals surface area contributed by atoms with E-state index in [0.717, 1.165) is 19.1 Å². The molecular formula is C13H22N2O3S. The highest BCUT2D eigenvalue weighted by atomic mass is 32.2. The Morgan fingerprint density at radius 3 is 2.26 bits per heavy atom. The molecule has 0 aromatic heterocycles. The van der Waals surface area contributed by atoms with E-state index in [4.69, 9.17) is 5.73 Å². The van der Waals surface area contributed by atoms with Crippen molar-refractivity contribution in [2.24, 2.45) is 0 Å². The molecule has 0 aliphatic heterocycles. The molecule has 1 aromatic carbocycles. The summed E-state index contributed by atoms with van der Waals surface area (Å²) >= 11 is 0. The standard InChI is InChI=1S/C13H22N2O3S/c1-4-13(5-2,9-16)15-12-7-6-10(8-11(12)14)19(3,17)18/h6-8,15-16H,4-5,9,14H2,1-3H3. The highest BCUT2D eigenvalue weighted by molar-refractivity contribution is 7.90. The van der Waals surface area contributed by atoms with E-state index in [1.54, 1.807) is 6.07 Å². The van der Waals surface area contributed by atoms with Gasteiger partial charge in [-0.25, -0.2) is 8.42 Å². The molecule has 0 bridgehead atoms. The van der Waals surface area contributed by atoms with Gasteiger partial charge in [0.2, 0.25) is 0 Å². The van der Waals surface area contributed by atoms with Crippen LogP contribution in [0, 0.1) is 0 Å². The first kappa shape index (κ1) is 15.8. The Hall–Kier alpha value is -1.27. The fraction of sp³-hybridized carbons (Fsp3) is 0.538. The average molecular weight is 286 g/mol. The molecule has 1 rings (SSSR count). The van der Waals surface area contributed by atoms with Gasteiger partial charge in [0.25, 0.3) is 0 Å². The predicted octanol–water partition coefficient (Wildman–Crippen LogP) is 1.64. The van der Waals surface area contributed by atoms with E-state index in [0.29, 0.717) is 11.4 Å². The summed E-state index contributed by atoms with van der Waals surface area (Å²) in [5.74, 6) is 0. The summed E-state index contributed by atoms with van der Waals surface area (Å²) in [5.41, 5.74) is 6.46. The van der Waals surface area contributed by atoms with Gasteiger partial charge in [0.15, 0.2) is 9.84 Å². The van der Waals surface area contributed by atoms with Crippen molar-refractivity contribution in [2.45, 2.75) is 37.1 Å². The fourth-order valence-electron chi connectivity index (χ4n) is 1.86. The monoisotopic (exact) mass is 286 g/mol. The zero-order valence-electron chi connectivity index (χ0n) is 11.6. The summed E-state index contributed by atoms with van der Waals surface area (Å²) in [6.45, 7) is 3.95. The molecule has 4 N–H and O–H groups in total. The lowest BCUT2D eigenvalue weighted by Gasteiger charge is -2.32. The Bertz CT molecular complexity index is 529. The van der Waals surface area contributed by atoms with Crippen molar-refractivity contribution in [3.63, 3.8) is 0 Å². The smallest absolute Gasteiger partial charge is 0.175 e. The highest BCUT2D eigenvalue weighted by Gasteiger charge is 2.25. The third kappa shape index (κ3) is 3.61. The van der Waals surface area contributed by atoms with Crippen LogP contribution in [0.3, 0.4) is 0 Å². The maximum absolute atomic E-state index is 11.4. The Kier molecular flexibility index (Phi) is 4.81. The third-order valence-electron chi connectivity index (χ3n) is 3.51. The van der Waals surface area contributed by atoms with E-state index in [-0.39, 0.29) is 11.5 Å². The SMILES string of the molecule is CCC(CC)(CO)Nc1ccc(S(C)(=O)=O)cc1N. The first-order valence-corrected chi connectivity index (χ1v) is 8.15. The number of aliphatic hydroxyl groups excluding tert-OH is 1. The Labute approximate surface area is 114 Å². The molecule has 0 atom stereocenters. The first-order chi connectivity index (χ1) is 8.78. The minimum atomic E-state index is -3.26. The molecule has 1 aromatic rings. The zero-order chi connectivity index (χ0) is 14.7. The van der Waals surface area contributed by atoms with Crippen LogP contribution >= 0.6 is 0 Å². The summed E-state index contributed by atoms with van der Waals surface area (Å²) in [6.07, 6.45) is 2.63. The van der Waals surface area contributed by atoms with Gasteiger partial charge >= 0.3 is 0 Å². The van der Waals surface area contributed by atoms with Crippen LogP contribution in [0.5, 0.6) is 0 Å². The molecule has 5 nitrogen and oxygen atoms in total. The molecule has 0 unspecified atom stereocenters. The number of hydrogen-bond donors (Lipinski definition) is 3. The maximum atomic E-state index is 11.4. The Morgan fingerprint density at radius 1 is 1.32 bits per heavy atom. The second-order valence-corrected chi connectivity index (χ2v) is 6.81. The fourth-order valence-corrected chi connectivity index (χ4v) is 2.52. The normalized spacial score (nSPS) is 12.4. The number of nitrogens with two attached hydrogens (primary N) is 1. The van der Waals surface area contributed by atoms with Crippen molar-refractivity contribution in [1.82, 2.24) is 0 Å². The van der Waals surface area contributed by atoms with Crippen LogP contribution in [0.25, 0.3) is 0 Å². The third-order valence-corrected chi connectivity index (χ3v) is 4.62. The maximum Gasteiger partial charge on any atom is 0.175 e. The molecule has 0 radical (unpaired) electrons. The summed E-state index contributed by atoms with van der Waals surface area (Å²) < 4.78 is 22.9. The largest absolute Gasteiger partial charge is 0.397 e. The van der Waals surface area contributed by atoms with Crippen LogP contribution < -0.4 is 11.1 Å². The van der Waals surface area contributed by atoms with Crippen molar-refractivity contribution in [3.8, 4) is 0 Å². The predicted molar refractivity (Wildman–Crippen MR) is 78.0 cm³/mol. The molecule has 19 heavy (non-hydrogen) atoms. The minimum Gasteiger partial charge on any atom is -0.397 e. The van der Waals surface area contributed by atoms with E-state index in [2.05, 4.69) is 5.32 Å². The molecule has 0 heterocycles. The summed E-state index contributed by atoms with van der Waals surface area (Å²) in [6, 6.07) is 4.59. The van der Waals surface area contributed by atoms with Crippen molar-refractivity contribution in [2.75, 3.05) is 23.9 Å². The average Bonchev–Trinajstić information content (AvgIpc) is 2.37. The molecule has 0 amide bonds. The summed E-state index contributed by atoms with van der Waals surface area (Å²) in [4.78, 5) is 0.193. The number of aliphatic hydroxyl groups is 1. The second kappa shape index (κ2) is 5.79. The van der Waals surface area contributed by atoms with Crippen LogP contribution in [-0.2, 0) is 9.84 Å². The molecule has 0 aliphatic carbocycles. The molecule has 108 valence electrons. The zero-order valence-corrected chi connectivity index (χ0v) is 12.4. The van der Waals surface area contributed by atoms with Crippen molar-refractivity contribution < 1.29 is 13.5 Å². The molecular weight excluding hydrogens is 264 g/mol. The topological polar surface area (TPSA) is 92.4 Å². The van der Waals surface area contributed by atoms with Crippen molar-refractivity contribution in [3.05, 3.63) is 18.2 Å². The molecule has 0 saturated heterocycles. The number of rotatable bonds is 6.